The molecule has 0 saturated heterocycles. The van der Waals surface area contributed by atoms with E-state index >= 15 is 0 Å². The molecule has 0 unspecified atom stereocenters. The molecule has 1 N–H and O–H groups in total. The van der Waals surface area contributed by atoms with Crippen LogP contribution in [-0.2, 0) is 20.5 Å². The number of ether oxygens (including phenoxy) is 1. The number of carbonyl (C=O) groups excluding carboxylic acids is 2. The predicted octanol–water partition coefficient (Wildman–Crippen LogP) is 3.42. The molecule has 0 bridgehead atoms. The van der Waals surface area contributed by atoms with E-state index in [1.807, 2.05) is 13.8 Å². The minimum atomic E-state index is -4.40. The van der Waals surface area contributed by atoms with Crippen LogP contribution < -0.4 is 5.32 Å². The molecular weight excluding hydrogens is 323 g/mol. The summed E-state index contributed by atoms with van der Waals surface area (Å²) in [6.07, 6.45) is -1.44. The normalized spacial score (nSPS) is 13.1. The van der Waals surface area contributed by atoms with Gasteiger partial charge in [-0.1, -0.05) is 26.0 Å². The molecule has 0 aliphatic heterocycles. The van der Waals surface area contributed by atoms with E-state index < -0.39 is 29.7 Å². The number of hydrogen-bond acceptors (Lipinski definition) is 3. The molecule has 0 radical (unpaired) electrons. The molecule has 0 spiro atoms. The van der Waals surface area contributed by atoms with Gasteiger partial charge in [0.2, 0.25) is 5.91 Å². The Morgan fingerprint density at radius 2 is 1.79 bits per heavy atom. The molecule has 0 aliphatic carbocycles. The fourth-order valence-electron chi connectivity index (χ4n) is 2.00. The SMILES string of the molecule is COC(=O)[C@H](CC(C)C)NC(=O)/C=C/c1ccc(C(F)(F)F)cc1. The van der Waals surface area contributed by atoms with Crippen molar-refractivity contribution in [2.24, 2.45) is 5.92 Å². The number of rotatable bonds is 6. The molecule has 0 heterocycles. The summed E-state index contributed by atoms with van der Waals surface area (Å²) >= 11 is 0. The number of halogens is 3. The number of amides is 1. The van der Waals surface area contributed by atoms with Gasteiger partial charge < -0.3 is 10.1 Å². The van der Waals surface area contributed by atoms with E-state index in [2.05, 4.69) is 10.1 Å². The van der Waals surface area contributed by atoms with E-state index in [-0.39, 0.29) is 5.92 Å². The third kappa shape index (κ3) is 6.44. The van der Waals surface area contributed by atoms with Crippen molar-refractivity contribution in [1.82, 2.24) is 5.32 Å². The molecule has 0 fully saturated rings. The van der Waals surface area contributed by atoms with Crippen molar-refractivity contribution in [3.05, 3.63) is 41.5 Å². The Hall–Kier alpha value is -2.31. The van der Waals surface area contributed by atoms with Crippen molar-refractivity contribution >= 4 is 18.0 Å². The highest BCUT2D eigenvalue weighted by Crippen LogP contribution is 2.29. The Labute approximate surface area is 138 Å². The van der Waals surface area contributed by atoms with Crippen molar-refractivity contribution in [3.8, 4) is 0 Å². The Balaban J connectivity index is 2.71. The molecule has 24 heavy (non-hydrogen) atoms. The van der Waals surface area contributed by atoms with Gasteiger partial charge in [-0.25, -0.2) is 4.79 Å². The first-order valence-corrected chi connectivity index (χ1v) is 7.37. The second-order valence-corrected chi connectivity index (χ2v) is 5.67. The fourth-order valence-corrected chi connectivity index (χ4v) is 2.00. The van der Waals surface area contributed by atoms with Gasteiger partial charge in [0.25, 0.3) is 0 Å². The lowest BCUT2D eigenvalue weighted by Gasteiger charge is -2.17. The number of methoxy groups -OCH3 is 1. The van der Waals surface area contributed by atoms with Crippen LogP contribution in [0.3, 0.4) is 0 Å². The zero-order chi connectivity index (χ0) is 18.3. The van der Waals surface area contributed by atoms with Crippen molar-refractivity contribution in [2.75, 3.05) is 7.11 Å². The lowest BCUT2D eigenvalue weighted by molar-refractivity contribution is -0.145. The van der Waals surface area contributed by atoms with Crippen LogP contribution in [0.15, 0.2) is 30.3 Å². The van der Waals surface area contributed by atoms with Crippen LogP contribution in [0.2, 0.25) is 0 Å². The summed E-state index contributed by atoms with van der Waals surface area (Å²) in [5.74, 6) is -0.890. The summed E-state index contributed by atoms with van der Waals surface area (Å²) in [6.45, 7) is 3.81. The van der Waals surface area contributed by atoms with Gasteiger partial charge in [0.1, 0.15) is 6.04 Å². The van der Waals surface area contributed by atoms with Crippen LogP contribution in [-0.4, -0.2) is 25.0 Å². The molecule has 1 atom stereocenters. The second-order valence-electron chi connectivity index (χ2n) is 5.67. The van der Waals surface area contributed by atoms with Crippen molar-refractivity contribution in [1.29, 1.82) is 0 Å². The molecule has 1 aromatic rings. The first-order chi connectivity index (χ1) is 11.1. The quantitative estimate of drug-likeness (QED) is 0.636. The smallest absolute Gasteiger partial charge is 0.416 e. The van der Waals surface area contributed by atoms with Crippen LogP contribution in [0.25, 0.3) is 6.08 Å². The first kappa shape index (κ1) is 19.7. The van der Waals surface area contributed by atoms with Gasteiger partial charge >= 0.3 is 12.1 Å². The predicted molar refractivity (Wildman–Crippen MR) is 83.9 cm³/mol. The summed E-state index contributed by atoms with van der Waals surface area (Å²) in [5, 5.41) is 2.52. The Morgan fingerprint density at radius 3 is 2.25 bits per heavy atom. The summed E-state index contributed by atoms with van der Waals surface area (Å²) in [7, 11) is 1.24. The molecule has 1 amide bonds. The van der Waals surface area contributed by atoms with Gasteiger partial charge in [-0.3, -0.25) is 4.79 Å². The highest BCUT2D eigenvalue weighted by molar-refractivity contribution is 5.94. The number of hydrogen-bond donors (Lipinski definition) is 1. The van der Waals surface area contributed by atoms with Gasteiger partial charge in [0.15, 0.2) is 0 Å². The third-order valence-corrected chi connectivity index (χ3v) is 3.17. The van der Waals surface area contributed by atoms with E-state index in [4.69, 9.17) is 0 Å². The topological polar surface area (TPSA) is 55.4 Å². The minimum Gasteiger partial charge on any atom is -0.467 e. The molecule has 0 saturated carbocycles. The van der Waals surface area contributed by atoms with Crippen LogP contribution in [0.1, 0.15) is 31.4 Å². The highest BCUT2D eigenvalue weighted by atomic mass is 19.4. The molecule has 1 rings (SSSR count). The van der Waals surface area contributed by atoms with E-state index in [9.17, 15) is 22.8 Å². The Kier molecular flexibility index (Phi) is 7.00. The zero-order valence-electron chi connectivity index (χ0n) is 13.7. The van der Waals surface area contributed by atoms with Gasteiger partial charge in [0.05, 0.1) is 12.7 Å². The molecule has 4 nitrogen and oxygen atoms in total. The molecule has 132 valence electrons. The number of esters is 1. The van der Waals surface area contributed by atoms with Crippen molar-refractivity contribution < 1.29 is 27.5 Å². The molecule has 7 heteroatoms. The van der Waals surface area contributed by atoms with E-state index in [0.717, 1.165) is 12.1 Å². The highest BCUT2D eigenvalue weighted by Gasteiger charge is 2.29. The van der Waals surface area contributed by atoms with Crippen LogP contribution in [0.5, 0.6) is 0 Å². The van der Waals surface area contributed by atoms with Gasteiger partial charge in [-0.15, -0.1) is 0 Å². The van der Waals surface area contributed by atoms with E-state index in [1.54, 1.807) is 0 Å². The summed E-state index contributed by atoms with van der Waals surface area (Å²) in [6, 6.07) is 3.64. The largest absolute Gasteiger partial charge is 0.467 e. The molecule has 1 aromatic carbocycles. The summed E-state index contributed by atoms with van der Waals surface area (Å²) in [5.41, 5.74) is -0.316. The van der Waals surface area contributed by atoms with Gasteiger partial charge in [0, 0.05) is 6.08 Å². The van der Waals surface area contributed by atoms with Crippen LogP contribution in [0.4, 0.5) is 13.2 Å². The number of benzene rings is 1. The van der Waals surface area contributed by atoms with E-state index in [1.165, 1.54) is 31.4 Å². The number of carbonyl (C=O) groups is 2. The maximum atomic E-state index is 12.5. The van der Waals surface area contributed by atoms with Crippen molar-refractivity contribution in [2.45, 2.75) is 32.5 Å². The molecule has 0 aliphatic rings. The Morgan fingerprint density at radius 1 is 1.21 bits per heavy atom. The van der Waals surface area contributed by atoms with Crippen LogP contribution in [0, 0.1) is 5.92 Å². The monoisotopic (exact) mass is 343 g/mol. The van der Waals surface area contributed by atoms with Gasteiger partial charge in [-0.2, -0.15) is 13.2 Å². The van der Waals surface area contributed by atoms with Gasteiger partial charge in [-0.05, 0) is 36.1 Å². The lowest BCUT2D eigenvalue weighted by Crippen LogP contribution is -2.41. The lowest BCUT2D eigenvalue weighted by atomic mass is 10.0. The average molecular weight is 343 g/mol. The second kappa shape index (κ2) is 8.52. The fraction of sp³-hybridized carbons (Fsp3) is 0.412. The first-order valence-electron chi connectivity index (χ1n) is 7.37. The number of alkyl halides is 3. The molecule has 0 aromatic heterocycles. The van der Waals surface area contributed by atoms with Crippen LogP contribution >= 0.6 is 0 Å². The van der Waals surface area contributed by atoms with E-state index in [0.29, 0.717) is 12.0 Å². The van der Waals surface area contributed by atoms with Crippen molar-refractivity contribution in [3.63, 3.8) is 0 Å². The number of nitrogens with one attached hydrogen (secondary N) is 1. The minimum absolute atomic E-state index is 0.174. The third-order valence-electron chi connectivity index (χ3n) is 3.17. The standard InChI is InChI=1S/C17H20F3NO3/c1-11(2)10-14(16(23)24-3)21-15(22)9-6-12-4-7-13(8-5-12)17(18,19)20/h4-9,11,14H,10H2,1-3H3,(H,21,22)/b9-6+/t14-/m0/s1. The maximum Gasteiger partial charge on any atom is 0.416 e. The summed E-state index contributed by atoms with van der Waals surface area (Å²) < 4.78 is 42.0. The zero-order valence-corrected chi connectivity index (χ0v) is 13.7. The summed E-state index contributed by atoms with van der Waals surface area (Å²) in [4.78, 5) is 23.5. The Bertz CT molecular complexity index is 592. The average Bonchev–Trinajstić information content (AvgIpc) is 2.50. The molecular formula is C17H20F3NO3. The maximum absolute atomic E-state index is 12.5.